The monoisotopic (exact) mass is 398 g/mol. The van der Waals surface area contributed by atoms with E-state index in [2.05, 4.69) is 15.3 Å². The van der Waals surface area contributed by atoms with Crippen molar-refractivity contribution < 1.29 is 23.5 Å². The highest BCUT2D eigenvalue weighted by Crippen LogP contribution is 2.15. The van der Waals surface area contributed by atoms with Crippen LogP contribution in [0.25, 0.3) is 0 Å². The molecule has 2 heterocycles. The smallest absolute Gasteiger partial charge is 0.313 e. The Bertz CT molecular complexity index is 993. The highest BCUT2D eigenvalue weighted by molar-refractivity contribution is 8.14. The van der Waals surface area contributed by atoms with Gasteiger partial charge in [-0.3, -0.25) is 25.1 Å². The van der Waals surface area contributed by atoms with Gasteiger partial charge in [0.1, 0.15) is 5.75 Å². The van der Waals surface area contributed by atoms with E-state index in [0.717, 1.165) is 11.8 Å². The summed E-state index contributed by atoms with van der Waals surface area (Å²) in [6.07, 6.45) is 1.30. The van der Waals surface area contributed by atoms with Crippen LogP contribution in [0.1, 0.15) is 20.9 Å². The Morgan fingerprint density at radius 2 is 2.04 bits per heavy atom. The van der Waals surface area contributed by atoms with Crippen molar-refractivity contribution in [3.63, 3.8) is 0 Å². The molecule has 0 spiro atoms. The third kappa shape index (κ3) is 4.41. The number of thioether (sulfide) groups is 1. The number of carbonyl (C=O) groups excluding carboxylic acids is 3. The number of benzene rings is 1. The average molecular weight is 398 g/mol. The van der Waals surface area contributed by atoms with E-state index >= 15 is 0 Å². The standard InChI is InChI=1S/C18H14N4O5S/c1-26-11-6-4-10(5-7-11)12(23)9-28-18-21-15(19)14(17(25)22-18)20-16(24)13-3-2-8-27-13/h2-8H,9H2,1H3,(H2,19,21,22,25). The quantitative estimate of drug-likeness (QED) is 0.739. The van der Waals surface area contributed by atoms with Gasteiger partial charge in [-0.25, -0.2) is 4.99 Å². The van der Waals surface area contributed by atoms with Gasteiger partial charge in [0.25, 0.3) is 5.91 Å². The molecule has 0 bridgehead atoms. The highest BCUT2D eigenvalue weighted by Gasteiger charge is 2.26. The van der Waals surface area contributed by atoms with Crippen LogP contribution < -0.4 is 10.1 Å². The van der Waals surface area contributed by atoms with Crippen molar-refractivity contribution in [2.75, 3.05) is 12.9 Å². The van der Waals surface area contributed by atoms with E-state index in [4.69, 9.17) is 14.6 Å². The summed E-state index contributed by atoms with van der Waals surface area (Å²) in [5.74, 6) is -1.59. The van der Waals surface area contributed by atoms with Crippen LogP contribution in [0.4, 0.5) is 0 Å². The molecule has 0 saturated heterocycles. The molecule has 2 N–H and O–H groups in total. The summed E-state index contributed by atoms with van der Waals surface area (Å²) >= 11 is 0.974. The van der Waals surface area contributed by atoms with Crippen LogP contribution >= 0.6 is 11.8 Å². The van der Waals surface area contributed by atoms with Crippen molar-refractivity contribution in [3.8, 4) is 5.75 Å². The lowest BCUT2D eigenvalue weighted by Crippen LogP contribution is -2.43. The number of nitrogens with one attached hydrogen (secondary N) is 2. The summed E-state index contributed by atoms with van der Waals surface area (Å²) in [6, 6.07) is 9.52. The first-order chi connectivity index (χ1) is 13.5. The van der Waals surface area contributed by atoms with Crippen LogP contribution in [-0.2, 0) is 4.79 Å². The fraction of sp³-hybridized carbons (Fsp3) is 0.111. The maximum absolute atomic E-state index is 12.2. The Morgan fingerprint density at radius 1 is 1.29 bits per heavy atom. The van der Waals surface area contributed by atoms with Gasteiger partial charge < -0.3 is 9.15 Å². The minimum absolute atomic E-state index is 0.0104. The maximum atomic E-state index is 12.2. The number of amidine groups is 2. The summed E-state index contributed by atoms with van der Waals surface area (Å²) in [7, 11) is 1.53. The number of aliphatic imine (C=N–C) groups is 2. The van der Waals surface area contributed by atoms with Crippen molar-refractivity contribution in [2.45, 2.75) is 0 Å². The zero-order chi connectivity index (χ0) is 20.1. The third-order valence-electron chi connectivity index (χ3n) is 3.57. The molecule has 1 aliphatic rings. The normalized spacial score (nSPS) is 15.2. The van der Waals surface area contributed by atoms with E-state index in [9.17, 15) is 14.4 Å². The molecule has 1 aromatic carbocycles. The van der Waals surface area contributed by atoms with Gasteiger partial charge in [-0.1, -0.05) is 11.8 Å². The van der Waals surface area contributed by atoms with Gasteiger partial charge >= 0.3 is 5.91 Å². The molecule has 0 fully saturated rings. The number of Topliss-reactive ketones (excluding diaryl/α,β-unsaturated/α-hetero) is 1. The second-order valence-electron chi connectivity index (χ2n) is 5.40. The van der Waals surface area contributed by atoms with E-state index in [0.29, 0.717) is 11.3 Å². The van der Waals surface area contributed by atoms with Crippen LogP contribution in [-0.4, -0.2) is 47.2 Å². The topological polar surface area (TPSA) is 134 Å². The molecule has 0 unspecified atom stereocenters. The highest BCUT2D eigenvalue weighted by atomic mass is 32.2. The summed E-state index contributed by atoms with van der Waals surface area (Å²) in [5, 5.41) is 10.4. The zero-order valence-electron chi connectivity index (χ0n) is 14.6. The zero-order valence-corrected chi connectivity index (χ0v) is 15.4. The molecule has 9 nitrogen and oxygen atoms in total. The number of carbonyl (C=O) groups is 3. The molecule has 2 amide bonds. The van der Waals surface area contributed by atoms with Crippen molar-refractivity contribution in [1.82, 2.24) is 5.32 Å². The molecule has 1 aromatic heterocycles. The summed E-state index contributed by atoms with van der Waals surface area (Å²) in [5.41, 5.74) is 0.0599. The Balaban J connectivity index is 1.64. The van der Waals surface area contributed by atoms with E-state index < -0.39 is 23.4 Å². The van der Waals surface area contributed by atoms with E-state index in [1.165, 1.54) is 25.5 Å². The van der Waals surface area contributed by atoms with Gasteiger partial charge in [0.05, 0.1) is 19.1 Å². The van der Waals surface area contributed by atoms with Crippen LogP contribution in [0, 0.1) is 5.41 Å². The molecule has 10 heteroatoms. The number of amides is 2. The molecule has 0 saturated carbocycles. The number of rotatable bonds is 5. The summed E-state index contributed by atoms with van der Waals surface area (Å²) in [4.78, 5) is 43.7. The summed E-state index contributed by atoms with van der Waals surface area (Å²) in [6.45, 7) is 0. The third-order valence-corrected chi connectivity index (χ3v) is 4.44. The molecule has 28 heavy (non-hydrogen) atoms. The molecule has 0 atom stereocenters. The van der Waals surface area contributed by atoms with E-state index in [1.807, 2.05) is 0 Å². The second-order valence-corrected chi connectivity index (χ2v) is 6.37. The molecule has 142 valence electrons. The lowest BCUT2D eigenvalue weighted by molar-refractivity contribution is -0.113. The van der Waals surface area contributed by atoms with Crippen LogP contribution in [0.15, 0.2) is 57.1 Å². The Labute approximate surface area is 163 Å². The Kier molecular flexibility index (Phi) is 5.80. The predicted molar refractivity (Wildman–Crippen MR) is 104 cm³/mol. The fourth-order valence-electron chi connectivity index (χ4n) is 2.17. The molecule has 1 aliphatic heterocycles. The molecule has 0 aliphatic carbocycles. The van der Waals surface area contributed by atoms with Gasteiger partial charge in [-0.2, -0.15) is 4.99 Å². The molecular weight excluding hydrogens is 384 g/mol. The van der Waals surface area contributed by atoms with Crippen molar-refractivity contribution >= 4 is 46.1 Å². The van der Waals surface area contributed by atoms with Crippen molar-refractivity contribution in [3.05, 3.63) is 54.0 Å². The number of ketones is 1. The number of hydrogen-bond acceptors (Lipinski definition) is 7. The van der Waals surface area contributed by atoms with Crippen molar-refractivity contribution in [1.29, 1.82) is 5.41 Å². The van der Waals surface area contributed by atoms with Gasteiger partial charge in [-0.15, -0.1) is 0 Å². The van der Waals surface area contributed by atoms with Gasteiger partial charge in [0.2, 0.25) is 0 Å². The number of hydrogen-bond donors (Lipinski definition) is 2. The van der Waals surface area contributed by atoms with Gasteiger partial charge in [0, 0.05) is 5.56 Å². The van der Waals surface area contributed by atoms with Crippen LogP contribution in [0.3, 0.4) is 0 Å². The second kappa shape index (κ2) is 8.44. The number of furan rings is 1. The van der Waals surface area contributed by atoms with Crippen LogP contribution in [0.5, 0.6) is 5.75 Å². The minimum atomic E-state index is -0.791. The first-order valence-electron chi connectivity index (χ1n) is 7.93. The van der Waals surface area contributed by atoms with Gasteiger partial charge in [0.15, 0.2) is 28.3 Å². The minimum Gasteiger partial charge on any atom is -0.497 e. The molecular formula is C18H14N4O5S. The first kappa shape index (κ1) is 19.2. The van der Waals surface area contributed by atoms with E-state index in [1.54, 1.807) is 24.3 Å². The molecule has 2 aromatic rings. The first-order valence-corrected chi connectivity index (χ1v) is 8.92. The molecule has 3 rings (SSSR count). The summed E-state index contributed by atoms with van der Waals surface area (Å²) < 4.78 is 9.95. The number of nitrogens with zero attached hydrogens (tertiary/aromatic N) is 2. The Morgan fingerprint density at radius 3 is 2.64 bits per heavy atom. The van der Waals surface area contributed by atoms with Gasteiger partial charge in [-0.05, 0) is 36.4 Å². The average Bonchev–Trinajstić information content (AvgIpc) is 3.24. The number of methoxy groups -OCH3 is 1. The number of ether oxygens (including phenoxy) is 1. The lowest BCUT2D eigenvalue weighted by Gasteiger charge is -2.14. The predicted octanol–water partition coefficient (Wildman–Crippen LogP) is 1.95. The maximum Gasteiger partial charge on any atom is 0.313 e. The van der Waals surface area contributed by atoms with Crippen molar-refractivity contribution in [2.24, 2.45) is 9.98 Å². The SMILES string of the molecule is COc1ccc(C(=O)CSC2=NC(=N)C(=NC(=O)c3ccco3)C(=O)N2)cc1. The Hall–Kier alpha value is -3.53. The molecule has 0 radical (unpaired) electrons. The van der Waals surface area contributed by atoms with E-state index in [-0.39, 0.29) is 22.5 Å². The lowest BCUT2D eigenvalue weighted by atomic mass is 10.1. The van der Waals surface area contributed by atoms with Crippen LogP contribution in [0.2, 0.25) is 0 Å². The largest absolute Gasteiger partial charge is 0.497 e. The fourth-order valence-corrected chi connectivity index (χ4v) is 2.92.